The second-order valence-corrected chi connectivity index (χ2v) is 3.74. The summed E-state index contributed by atoms with van der Waals surface area (Å²) in [4.78, 5) is 4.22. The van der Waals surface area contributed by atoms with E-state index in [9.17, 15) is 0 Å². The third kappa shape index (κ3) is 3.67. The van der Waals surface area contributed by atoms with Gasteiger partial charge in [0.05, 0.1) is 12.6 Å². The van der Waals surface area contributed by atoms with Crippen LogP contribution in [0.5, 0.6) is 0 Å². The van der Waals surface area contributed by atoms with Crippen LogP contribution < -0.4 is 11.1 Å². The maximum absolute atomic E-state index is 8.90. The molecule has 0 radical (unpaired) electrons. The Kier molecular flexibility index (Phi) is 5.01. The number of pyridine rings is 1. The minimum Gasteiger partial charge on any atom is -0.398 e. The summed E-state index contributed by atoms with van der Waals surface area (Å²) in [5, 5.41) is 12.1. The van der Waals surface area contributed by atoms with E-state index in [4.69, 9.17) is 15.6 Å². The highest BCUT2D eigenvalue weighted by Gasteiger charge is 2.08. The lowest BCUT2D eigenvalue weighted by atomic mass is 10.2. The Labute approximate surface area is 95.6 Å². The van der Waals surface area contributed by atoms with Crippen LogP contribution in [0.1, 0.15) is 12.0 Å². The molecule has 4 N–H and O–H groups in total. The first kappa shape index (κ1) is 12.7. The van der Waals surface area contributed by atoms with Crippen molar-refractivity contribution in [3.63, 3.8) is 0 Å². The predicted molar refractivity (Wildman–Crippen MR) is 64.4 cm³/mol. The highest BCUT2D eigenvalue weighted by Crippen LogP contribution is 2.14. The van der Waals surface area contributed by atoms with Gasteiger partial charge in [0, 0.05) is 31.7 Å². The lowest BCUT2D eigenvalue weighted by Gasteiger charge is -2.17. The molecule has 1 aromatic heterocycles. The Bertz CT molecular complexity index is 325. The van der Waals surface area contributed by atoms with Gasteiger partial charge in [-0.1, -0.05) is 0 Å². The van der Waals surface area contributed by atoms with Crippen molar-refractivity contribution in [1.29, 1.82) is 0 Å². The van der Waals surface area contributed by atoms with Crippen molar-refractivity contribution >= 4 is 11.5 Å². The van der Waals surface area contributed by atoms with Crippen LogP contribution >= 0.6 is 0 Å². The SMILES string of the molecule is COCC(CCO)Nc1cc(N)c(C)cn1. The van der Waals surface area contributed by atoms with E-state index in [-0.39, 0.29) is 12.6 Å². The predicted octanol–water partition coefficient (Wildman–Crippen LogP) is 0.782. The molecular formula is C11H19N3O2. The molecule has 16 heavy (non-hydrogen) atoms. The van der Waals surface area contributed by atoms with E-state index < -0.39 is 0 Å². The average molecular weight is 225 g/mol. The number of nitrogen functional groups attached to an aromatic ring is 1. The smallest absolute Gasteiger partial charge is 0.128 e. The molecular weight excluding hydrogens is 206 g/mol. The van der Waals surface area contributed by atoms with Gasteiger partial charge < -0.3 is 20.9 Å². The van der Waals surface area contributed by atoms with E-state index in [0.29, 0.717) is 24.5 Å². The van der Waals surface area contributed by atoms with Gasteiger partial charge >= 0.3 is 0 Å². The van der Waals surface area contributed by atoms with Gasteiger partial charge in [0.2, 0.25) is 0 Å². The Balaban J connectivity index is 2.65. The van der Waals surface area contributed by atoms with Crippen LogP contribution in [0.25, 0.3) is 0 Å². The Morgan fingerprint density at radius 3 is 2.94 bits per heavy atom. The molecule has 0 saturated carbocycles. The molecule has 90 valence electrons. The van der Waals surface area contributed by atoms with Crippen LogP contribution in [0.2, 0.25) is 0 Å². The number of rotatable bonds is 6. The molecule has 1 heterocycles. The first-order valence-corrected chi connectivity index (χ1v) is 5.25. The van der Waals surface area contributed by atoms with Crippen molar-refractivity contribution in [2.75, 3.05) is 31.4 Å². The zero-order chi connectivity index (χ0) is 12.0. The van der Waals surface area contributed by atoms with Gasteiger partial charge in [0.1, 0.15) is 5.82 Å². The normalized spacial score (nSPS) is 12.4. The van der Waals surface area contributed by atoms with Crippen molar-refractivity contribution < 1.29 is 9.84 Å². The zero-order valence-electron chi connectivity index (χ0n) is 9.73. The number of anilines is 2. The summed E-state index contributed by atoms with van der Waals surface area (Å²) in [5.41, 5.74) is 7.44. The first-order chi connectivity index (χ1) is 7.67. The summed E-state index contributed by atoms with van der Waals surface area (Å²) in [6.07, 6.45) is 2.34. The van der Waals surface area contributed by atoms with Crippen LogP contribution in [-0.2, 0) is 4.74 Å². The maximum Gasteiger partial charge on any atom is 0.128 e. The topological polar surface area (TPSA) is 80.4 Å². The van der Waals surface area contributed by atoms with Gasteiger partial charge in [-0.3, -0.25) is 0 Å². The van der Waals surface area contributed by atoms with E-state index in [2.05, 4.69) is 10.3 Å². The van der Waals surface area contributed by atoms with Crippen molar-refractivity contribution in [3.8, 4) is 0 Å². The molecule has 1 rings (SSSR count). The van der Waals surface area contributed by atoms with Crippen molar-refractivity contribution in [2.45, 2.75) is 19.4 Å². The molecule has 0 bridgehead atoms. The maximum atomic E-state index is 8.90. The number of ether oxygens (including phenoxy) is 1. The lowest BCUT2D eigenvalue weighted by Crippen LogP contribution is -2.26. The Morgan fingerprint density at radius 2 is 2.38 bits per heavy atom. The summed E-state index contributed by atoms with van der Waals surface area (Å²) >= 11 is 0. The summed E-state index contributed by atoms with van der Waals surface area (Å²) in [6.45, 7) is 2.55. The molecule has 5 nitrogen and oxygen atoms in total. The number of aliphatic hydroxyl groups excluding tert-OH is 1. The van der Waals surface area contributed by atoms with Gasteiger partial charge in [-0.05, 0) is 18.9 Å². The number of aryl methyl sites for hydroxylation is 1. The van der Waals surface area contributed by atoms with Crippen molar-refractivity contribution in [3.05, 3.63) is 17.8 Å². The van der Waals surface area contributed by atoms with E-state index in [1.807, 2.05) is 6.92 Å². The summed E-state index contributed by atoms with van der Waals surface area (Å²) < 4.78 is 5.05. The van der Waals surface area contributed by atoms with Crippen molar-refractivity contribution in [2.24, 2.45) is 0 Å². The van der Waals surface area contributed by atoms with Crippen LogP contribution in [0.15, 0.2) is 12.3 Å². The fourth-order valence-corrected chi connectivity index (χ4v) is 1.38. The molecule has 0 aromatic carbocycles. The molecule has 0 amide bonds. The van der Waals surface area contributed by atoms with E-state index >= 15 is 0 Å². The molecule has 5 heteroatoms. The number of nitrogens with zero attached hydrogens (tertiary/aromatic N) is 1. The average Bonchev–Trinajstić information content (AvgIpc) is 2.24. The largest absolute Gasteiger partial charge is 0.398 e. The number of aliphatic hydroxyl groups is 1. The second-order valence-electron chi connectivity index (χ2n) is 3.74. The Hall–Kier alpha value is -1.33. The molecule has 0 saturated heterocycles. The van der Waals surface area contributed by atoms with Crippen LogP contribution in [0.3, 0.4) is 0 Å². The van der Waals surface area contributed by atoms with Crippen LogP contribution in [-0.4, -0.2) is 36.5 Å². The molecule has 0 fully saturated rings. The van der Waals surface area contributed by atoms with Gasteiger partial charge in [0.25, 0.3) is 0 Å². The minimum absolute atomic E-state index is 0.0459. The fraction of sp³-hybridized carbons (Fsp3) is 0.545. The van der Waals surface area contributed by atoms with Gasteiger partial charge in [-0.15, -0.1) is 0 Å². The lowest BCUT2D eigenvalue weighted by molar-refractivity contribution is 0.170. The molecule has 1 aromatic rings. The molecule has 1 atom stereocenters. The number of methoxy groups -OCH3 is 1. The number of aromatic nitrogens is 1. The first-order valence-electron chi connectivity index (χ1n) is 5.25. The summed E-state index contributed by atoms with van der Waals surface area (Å²) in [6, 6.07) is 1.83. The van der Waals surface area contributed by atoms with Gasteiger partial charge in [0.15, 0.2) is 0 Å². The minimum atomic E-state index is 0.0459. The fourth-order valence-electron chi connectivity index (χ4n) is 1.38. The van der Waals surface area contributed by atoms with E-state index in [1.54, 1.807) is 19.4 Å². The molecule has 0 aliphatic heterocycles. The van der Waals surface area contributed by atoms with Crippen molar-refractivity contribution in [1.82, 2.24) is 4.98 Å². The summed E-state index contributed by atoms with van der Waals surface area (Å²) in [7, 11) is 1.63. The second kappa shape index (κ2) is 6.30. The molecule has 0 aliphatic rings. The molecule has 0 spiro atoms. The third-order valence-electron chi connectivity index (χ3n) is 2.34. The quantitative estimate of drug-likeness (QED) is 0.666. The highest BCUT2D eigenvalue weighted by atomic mass is 16.5. The number of hydrogen-bond acceptors (Lipinski definition) is 5. The van der Waals surface area contributed by atoms with Gasteiger partial charge in [-0.2, -0.15) is 0 Å². The summed E-state index contributed by atoms with van der Waals surface area (Å²) in [5.74, 6) is 0.707. The third-order valence-corrected chi connectivity index (χ3v) is 2.34. The van der Waals surface area contributed by atoms with E-state index in [0.717, 1.165) is 5.56 Å². The Morgan fingerprint density at radius 1 is 1.62 bits per heavy atom. The number of nitrogens with two attached hydrogens (primary N) is 1. The highest BCUT2D eigenvalue weighted by molar-refractivity contribution is 5.53. The number of hydrogen-bond donors (Lipinski definition) is 3. The monoisotopic (exact) mass is 225 g/mol. The van der Waals surface area contributed by atoms with Crippen LogP contribution in [0.4, 0.5) is 11.5 Å². The molecule has 1 unspecified atom stereocenters. The van der Waals surface area contributed by atoms with Gasteiger partial charge in [-0.25, -0.2) is 4.98 Å². The zero-order valence-corrected chi connectivity index (χ0v) is 9.73. The standard InChI is InChI=1S/C11H19N3O2/c1-8-6-13-11(5-10(8)12)14-9(3-4-15)7-16-2/h5-6,9,15H,3-4,7H2,1-2H3,(H3,12,13,14). The molecule has 0 aliphatic carbocycles. The van der Waals surface area contributed by atoms with Crippen LogP contribution in [0, 0.1) is 6.92 Å². The number of nitrogens with one attached hydrogen (secondary N) is 1. The van der Waals surface area contributed by atoms with E-state index in [1.165, 1.54) is 0 Å².